The van der Waals surface area contributed by atoms with E-state index in [1.54, 1.807) is 23.0 Å². The maximum absolute atomic E-state index is 9.57. The predicted octanol–water partition coefficient (Wildman–Crippen LogP) is 3.12. The molecule has 3 rings (SSSR count). The van der Waals surface area contributed by atoms with E-state index in [4.69, 9.17) is 5.26 Å². The molecule has 0 fully saturated rings. The molecule has 0 radical (unpaired) electrons. The number of rotatable bonds is 2. The van der Waals surface area contributed by atoms with Crippen LogP contribution in [0.2, 0.25) is 0 Å². The first-order valence-corrected chi connectivity index (χ1v) is 6.12. The van der Waals surface area contributed by atoms with Crippen molar-refractivity contribution >= 4 is 0 Å². The summed E-state index contributed by atoms with van der Waals surface area (Å²) in [6.07, 6.45) is 1.71. The summed E-state index contributed by atoms with van der Waals surface area (Å²) in [5.41, 5.74) is 2.90. The van der Waals surface area contributed by atoms with Crippen LogP contribution in [0.15, 0.2) is 60.8 Å². The molecule has 0 unspecified atom stereocenters. The molecular formula is C16H11N3O. The van der Waals surface area contributed by atoms with E-state index in [0.717, 1.165) is 16.9 Å². The van der Waals surface area contributed by atoms with Crippen LogP contribution in [0.25, 0.3) is 16.9 Å². The summed E-state index contributed by atoms with van der Waals surface area (Å²) in [6, 6.07) is 18.6. The Morgan fingerprint density at radius 3 is 2.60 bits per heavy atom. The van der Waals surface area contributed by atoms with E-state index >= 15 is 0 Å². The third kappa shape index (κ3) is 2.02. The summed E-state index contributed by atoms with van der Waals surface area (Å²) < 4.78 is 1.80. The van der Waals surface area contributed by atoms with E-state index in [1.165, 1.54) is 6.07 Å². The van der Waals surface area contributed by atoms with Crippen LogP contribution in [0, 0.1) is 11.3 Å². The van der Waals surface area contributed by atoms with Gasteiger partial charge in [-0.3, -0.25) is 0 Å². The molecule has 1 N–H and O–H groups in total. The lowest BCUT2D eigenvalue weighted by Gasteiger charge is -2.08. The Morgan fingerprint density at radius 1 is 1.05 bits per heavy atom. The van der Waals surface area contributed by atoms with Gasteiger partial charge < -0.3 is 5.11 Å². The number of hydrogen-bond donors (Lipinski definition) is 1. The maximum atomic E-state index is 9.57. The van der Waals surface area contributed by atoms with E-state index < -0.39 is 0 Å². The van der Waals surface area contributed by atoms with Crippen molar-refractivity contribution in [2.45, 2.75) is 0 Å². The number of nitriles is 1. The van der Waals surface area contributed by atoms with Gasteiger partial charge in [0.05, 0.1) is 23.1 Å². The van der Waals surface area contributed by atoms with Crippen LogP contribution >= 0.6 is 0 Å². The highest BCUT2D eigenvalue weighted by atomic mass is 16.3. The van der Waals surface area contributed by atoms with Gasteiger partial charge in [-0.05, 0) is 36.4 Å². The van der Waals surface area contributed by atoms with Crippen LogP contribution < -0.4 is 0 Å². The molecule has 4 heteroatoms. The Labute approximate surface area is 116 Å². The highest BCUT2D eigenvalue weighted by Crippen LogP contribution is 2.26. The lowest BCUT2D eigenvalue weighted by atomic mass is 10.1. The van der Waals surface area contributed by atoms with Gasteiger partial charge >= 0.3 is 0 Å². The first kappa shape index (κ1) is 12.0. The zero-order valence-corrected chi connectivity index (χ0v) is 10.6. The average Bonchev–Trinajstić information content (AvgIpc) is 2.98. The summed E-state index contributed by atoms with van der Waals surface area (Å²) in [5.74, 6) is -0.0120. The maximum Gasteiger partial charge on any atom is 0.133 e. The molecule has 0 bridgehead atoms. The lowest BCUT2D eigenvalue weighted by Crippen LogP contribution is -1.98. The summed E-state index contributed by atoms with van der Waals surface area (Å²) in [6.45, 7) is 0. The second-order valence-corrected chi connectivity index (χ2v) is 4.31. The van der Waals surface area contributed by atoms with Crippen molar-refractivity contribution in [3.63, 3.8) is 0 Å². The summed E-state index contributed by atoms with van der Waals surface area (Å²) >= 11 is 0. The molecule has 0 saturated heterocycles. The zero-order chi connectivity index (χ0) is 13.9. The van der Waals surface area contributed by atoms with E-state index in [9.17, 15) is 5.11 Å². The molecule has 0 spiro atoms. The van der Waals surface area contributed by atoms with E-state index in [2.05, 4.69) is 5.10 Å². The molecule has 0 aliphatic carbocycles. The minimum Gasteiger partial charge on any atom is -0.507 e. The third-order valence-electron chi connectivity index (χ3n) is 3.06. The molecule has 20 heavy (non-hydrogen) atoms. The van der Waals surface area contributed by atoms with Crippen LogP contribution in [0.5, 0.6) is 5.75 Å². The van der Waals surface area contributed by atoms with Crippen LogP contribution in [0.3, 0.4) is 0 Å². The van der Waals surface area contributed by atoms with Gasteiger partial charge in [-0.2, -0.15) is 10.4 Å². The summed E-state index contributed by atoms with van der Waals surface area (Å²) in [4.78, 5) is 0. The molecule has 1 aromatic heterocycles. The van der Waals surface area contributed by atoms with Crippen molar-refractivity contribution in [1.82, 2.24) is 9.78 Å². The summed E-state index contributed by atoms with van der Waals surface area (Å²) in [7, 11) is 0. The van der Waals surface area contributed by atoms with Crippen molar-refractivity contribution in [2.75, 3.05) is 0 Å². The third-order valence-corrected chi connectivity index (χ3v) is 3.06. The number of benzene rings is 2. The van der Waals surface area contributed by atoms with Crippen LogP contribution in [0.1, 0.15) is 5.56 Å². The van der Waals surface area contributed by atoms with Gasteiger partial charge in [0.25, 0.3) is 0 Å². The van der Waals surface area contributed by atoms with E-state index in [-0.39, 0.29) is 11.3 Å². The fourth-order valence-electron chi connectivity index (χ4n) is 2.08. The standard InChI is InChI=1S/C16H11N3O/c17-11-13-10-12(6-7-16(13)20)15-8-9-18-19(15)14-4-2-1-3-5-14/h1-10,20H. The topological polar surface area (TPSA) is 61.8 Å². The largest absolute Gasteiger partial charge is 0.507 e. The number of phenolic OH excluding ortho intramolecular Hbond substituents is 1. The van der Waals surface area contributed by atoms with Crippen LogP contribution in [-0.4, -0.2) is 14.9 Å². The summed E-state index contributed by atoms with van der Waals surface area (Å²) in [5, 5.41) is 22.9. The smallest absolute Gasteiger partial charge is 0.133 e. The number of phenols is 1. The second-order valence-electron chi connectivity index (χ2n) is 4.31. The van der Waals surface area contributed by atoms with Crippen LogP contribution in [0.4, 0.5) is 0 Å². The number of hydrogen-bond acceptors (Lipinski definition) is 3. The zero-order valence-electron chi connectivity index (χ0n) is 10.6. The first-order chi connectivity index (χ1) is 9.79. The minimum atomic E-state index is -0.0120. The second kappa shape index (κ2) is 4.90. The molecule has 4 nitrogen and oxygen atoms in total. The molecule has 3 aromatic rings. The fraction of sp³-hybridized carbons (Fsp3) is 0. The molecule has 0 aliphatic heterocycles. The normalized spacial score (nSPS) is 10.2. The van der Waals surface area contributed by atoms with Crippen molar-refractivity contribution < 1.29 is 5.11 Å². The van der Waals surface area contributed by atoms with Gasteiger partial charge in [-0.15, -0.1) is 0 Å². The Bertz CT molecular complexity index is 785. The van der Waals surface area contributed by atoms with Crippen molar-refractivity contribution in [3.05, 3.63) is 66.4 Å². The monoisotopic (exact) mass is 261 g/mol. The Hall–Kier alpha value is -3.06. The average molecular weight is 261 g/mol. The molecule has 2 aromatic carbocycles. The van der Waals surface area contributed by atoms with Crippen LogP contribution in [-0.2, 0) is 0 Å². The SMILES string of the molecule is N#Cc1cc(-c2ccnn2-c2ccccc2)ccc1O. The number of para-hydroxylation sites is 1. The molecule has 0 atom stereocenters. The Morgan fingerprint density at radius 2 is 1.85 bits per heavy atom. The number of nitrogens with zero attached hydrogens (tertiary/aromatic N) is 3. The fourth-order valence-corrected chi connectivity index (χ4v) is 2.08. The van der Waals surface area contributed by atoms with Crippen molar-refractivity contribution in [3.8, 4) is 28.8 Å². The van der Waals surface area contributed by atoms with Crippen molar-refractivity contribution in [1.29, 1.82) is 5.26 Å². The van der Waals surface area contributed by atoms with Gasteiger partial charge in [0.1, 0.15) is 11.8 Å². The first-order valence-electron chi connectivity index (χ1n) is 6.12. The molecule has 96 valence electrons. The molecule has 0 amide bonds. The van der Waals surface area contributed by atoms with Crippen molar-refractivity contribution in [2.24, 2.45) is 0 Å². The molecule has 0 saturated carbocycles. The molecular weight excluding hydrogens is 250 g/mol. The lowest BCUT2D eigenvalue weighted by molar-refractivity contribution is 0.473. The van der Waals surface area contributed by atoms with Gasteiger partial charge in [-0.1, -0.05) is 18.2 Å². The predicted molar refractivity (Wildman–Crippen MR) is 75.4 cm³/mol. The van der Waals surface area contributed by atoms with Gasteiger partial charge in [0, 0.05) is 5.56 Å². The number of aromatic hydroxyl groups is 1. The van der Waals surface area contributed by atoms with Gasteiger partial charge in [0.15, 0.2) is 0 Å². The van der Waals surface area contributed by atoms with Gasteiger partial charge in [0.2, 0.25) is 0 Å². The highest BCUT2D eigenvalue weighted by Gasteiger charge is 2.09. The van der Waals surface area contributed by atoms with E-state index in [0.29, 0.717) is 0 Å². The van der Waals surface area contributed by atoms with E-state index in [1.807, 2.05) is 42.5 Å². The molecule has 0 aliphatic rings. The molecule has 1 heterocycles. The highest BCUT2D eigenvalue weighted by molar-refractivity contribution is 5.65. The Kier molecular flexibility index (Phi) is 2.94. The quantitative estimate of drug-likeness (QED) is 0.771. The van der Waals surface area contributed by atoms with Gasteiger partial charge in [-0.25, -0.2) is 4.68 Å². The number of aromatic nitrogens is 2. The Balaban J connectivity index is 2.13. The minimum absolute atomic E-state index is 0.0120.